The number of carboxylic acid groups (broad SMARTS) is 1. The van der Waals surface area contributed by atoms with Crippen LogP contribution in [0.2, 0.25) is 0 Å². The molecule has 0 amide bonds. The van der Waals surface area contributed by atoms with Crippen LogP contribution in [0, 0.1) is 46.3 Å². The highest BCUT2D eigenvalue weighted by Crippen LogP contribution is 2.68. The Morgan fingerprint density at radius 2 is 1.63 bits per heavy atom. The summed E-state index contributed by atoms with van der Waals surface area (Å²) < 4.78 is 0. The SMILES string of the molecule is C[C@H](CCC(=O)O)[C@H]1CC[C@H]2[C@@H]3[C@H](O)C[C@H]4C[C@H](O)[C@@H](O)C[C@]4(C)[C@H]3C[C@H](O)[C@]12C. The van der Waals surface area contributed by atoms with Crippen molar-refractivity contribution in [3.63, 3.8) is 0 Å². The van der Waals surface area contributed by atoms with Crippen LogP contribution in [0.4, 0.5) is 0 Å². The Kier molecular flexibility index (Phi) is 5.79. The maximum absolute atomic E-state index is 11.5. The predicted octanol–water partition coefficient (Wildman–Crippen LogP) is 2.42. The van der Waals surface area contributed by atoms with Gasteiger partial charge in [0.2, 0.25) is 0 Å². The van der Waals surface area contributed by atoms with Crippen molar-refractivity contribution in [3.8, 4) is 0 Å². The molecule has 0 aromatic rings. The van der Waals surface area contributed by atoms with Gasteiger partial charge in [0, 0.05) is 6.42 Å². The Balaban J connectivity index is 1.62. The summed E-state index contributed by atoms with van der Waals surface area (Å²) in [6.45, 7) is 6.50. The molecule has 4 saturated carbocycles. The Hall–Kier alpha value is -0.690. The molecule has 0 aliphatic heterocycles. The topological polar surface area (TPSA) is 118 Å². The third-order valence-corrected chi connectivity index (χ3v) is 10.4. The van der Waals surface area contributed by atoms with Gasteiger partial charge in [-0.1, -0.05) is 20.8 Å². The summed E-state index contributed by atoms with van der Waals surface area (Å²) in [6.07, 6.45) is 2.63. The van der Waals surface area contributed by atoms with Gasteiger partial charge >= 0.3 is 5.97 Å². The van der Waals surface area contributed by atoms with E-state index < -0.39 is 30.4 Å². The van der Waals surface area contributed by atoms with E-state index in [0.29, 0.717) is 32.1 Å². The van der Waals surface area contributed by atoms with Crippen molar-refractivity contribution in [2.24, 2.45) is 46.3 Å². The maximum atomic E-state index is 11.5. The van der Waals surface area contributed by atoms with E-state index in [0.717, 1.165) is 12.8 Å². The molecule has 4 aliphatic carbocycles. The highest BCUT2D eigenvalue weighted by atomic mass is 16.4. The fraction of sp³-hybridized carbons (Fsp3) is 0.958. The molecule has 12 atom stereocenters. The van der Waals surface area contributed by atoms with Crippen molar-refractivity contribution in [1.29, 1.82) is 0 Å². The van der Waals surface area contributed by atoms with E-state index in [4.69, 9.17) is 5.11 Å². The molecule has 0 radical (unpaired) electrons. The minimum absolute atomic E-state index is 0.0961. The van der Waals surface area contributed by atoms with Gasteiger partial charge in [-0.2, -0.15) is 0 Å². The van der Waals surface area contributed by atoms with Crippen molar-refractivity contribution >= 4 is 5.97 Å². The molecule has 5 N–H and O–H groups in total. The standard InChI is InChI=1S/C24H40O6/c1-12(4-7-21(29)30)14-5-6-15-22-16(10-20(28)24(14,15)3)23(2)11-19(27)17(25)8-13(23)9-18(22)26/h12-20,22,25-28H,4-11H2,1-3H3,(H,29,30)/t12-,13-,14-,15+,16+,17+,18-,19+,20+,22+,23+,24-/m1/s1. The molecular formula is C24H40O6. The second-order valence-electron chi connectivity index (χ2n) is 11.6. The van der Waals surface area contributed by atoms with Gasteiger partial charge in [-0.3, -0.25) is 4.79 Å². The van der Waals surface area contributed by atoms with Gasteiger partial charge < -0.3 is 25.5 Å². The highest BCUT2D eigenvalue weighted by molar-refractivity contribution is 5.66. The second kappa shape index (κ2) is 7.72. The van der Waals surface area contributed by atoms with E-state index in [2.05, 4.69) is 20.8 Å². The van der Waals surface area contributed by atoms with Crippen molar-refractivity contribution in [3.05, 3.63) is 0 Å². The molecule has 0 heterocycles. The number of hydrogen-bond donors (Lipinski definition) is 5. The summed E-state index contributed by atoms with van der Waals surface area (Å²) in [7, 11) is 0. The van der Waals surface area contributed by atoms with Gasteiger partial charge in [0.15, 0.2) is 0 Å². The minimum Gasteiger partial charge on any atom is -0.481 e. The van der Waals surface area contributed by atoms with E-state index in [1.807, 2.05) is 0 Å². The lowest BCUT2D eigenvalue weighted by Gasteiger charge is -2.64. The molecule has 4 aliphatic rings. The summed E-state index contributed by atoms with van der Waals surface area (Å²) in [5.74, 6) is 0.307. The largest absolute Gasteiger partial charge is 0.481 e. The summed E-state index contributed by atoms with van der Waals surface area (Å²) in [5.41, 5.74) is -0.492. The normalized spacial score (nSPS) is 54.0. The Morgan fingerprint density at radius 1 is 0.967 bits per heavy atom. The third-order valence-electron chi connectivity index (χ3n) is 10.4. The number of fused-ring (bicyclic) bond motifs is 5. The van der Waals surface area contributed by atoms with Gasteiger partial charge in [-0.15, -0.1) is 0 Å². The average molecular weight is 425 g/mol. The zero-order valence-electron chi connectivity index (χ0n) is 18.6. The molecule has 0 aromatic heterocycles. The lowest BCUT2D eigenvalue weighted by atomic mass is 9.43. The molecule has 0 saturated heterocycles. The number of aliphatic hydroxyl groups is 4. The zero-order valence-corrected chi connectivity index (χ0v) is 18.6. The van der Waals surface area contributed by atoms with Crippen LogP contribution in [0.15, 0.2) is 0 Å². The molecule has 172 valence electrons. The second-order valence-corrected chi connectivity index (χ2v) is 11.6. The lowest BCUT2D eigenvalue weighted by Crippen LogP contribution is -2.63. The number of hydrogen-bond acceptors (Lipinski definition) is 5. The molecular weight excluding hydrogens is 384 g/mol. The Labute approximate surface area is 179 Å². The van der Waals surface area contributed by atoms with Crippen molar-refractivity contribution in [2.45, 2.75) is 96.6 Å². The van der Waals surface area contributed by atoms with Gasteiger partial charge in [-0.05, 0) is 91.3 Å². The predicted molar refractivity (Wildman–Crippen MR) is 111 cm³/mol. The first-order valence-electron chi connectivity index (χ1n) is 11.9. The van der Waals surface area contributed by atoms with Gasteiger partial charge in [0.25, 0.3) is 0 Å². The van der Waals surface area contributed by atoms with E-state index in [1.54, 1.807) is 0 Å². The average Bonchev–Trinajstić information content (AvgIpc) is 3.02. The first kappa shape index (κ1) is 22.5. The zero-order chi connectivity index (χ0) is 22.0. The van der Waals surface area contributed by atoms with Crippen LogP contribution in [0.3, 0.4) is 0 Å². The van der Waals surface area contributed by atoms with E-state index in [-0.39, 0.29) is 52.8 Å². The maximum Gasteiger partial charge on any atom is 0.303 e. The number of aliphatic carboxylic acids is 1. The minimum atomic E-state index is -0.773. The third kappa shape index (κ3) is 3.25. The van der Waals surface area contributed by atoms with Gasteiger partial charge in [0.1, 0.15) is 0 Å². The van der Waals surface area contributed by atoms with Crippen molar-refractivity contribution in [1.82, 2.24) is 0 Å². The van der Waals surface area contributed by atoms with Crippen LogP contribution in [-0.4, -0.2) is 55.9 Å². The number of carbonyl (C=O) groups is 1. The fourth-order valence-electron chi connectivity index (χ4n) is 8.72. The number of carboxylic acids is 1. The van der Waals surface area contributed by atoms with Crippen molar-refractivity contribution < 1.29 is 30.3 Å². The molecule has 0 aromatic carbocycles. The molecule has 4 fully saturated rings. The lowest BCUT2D eigenvalue weighted by molar-refractivity contribution is -0.219. The van der Waals surface area contributed by atoms with Crippen LogP contribution in [0.1, 0.15) is 72.1 Å². The van der Waals surface area contributed by atoms with Gasteiger partial charge in [0.05, 0.1) is 24.4 Å². The molecule has 0 spiro atoms. The first-order valence-corrected chi connectivity index (χ1v) is 11.9. The van der Waals surface area contributed by atoms with Crippen LogP contribution < -0.4 is 0 Å². The first-order chi connectivity index (χ1) is 14.0. The quantitative estimate of drug-likeness (QED) is 0.473. The Bertz CT molecular complexity index is 668. The molecule has 6 nitrogen and oxygen atoms in total. The van der Waals surface area contributed by atoms with E-state index >= 15 is 0 Å². The molecule has 30 heavy (non-hydrogen) atoms. The molecule has 0 bridgehead atoms. The molecule has 6 heteroatoms. The number of aliphatic hydroxyl groups excluding tert-OH is 4. The Morgan fingerprint density at radius 3 is 2.30 bits per heavy atom. The highest BCUT2D eigenvalue weighted by Gasteiger charge is 2.66. The summed E-state index contributed by atoms with van der Waals surface area (Å²) >= 11 is 0. The monoisotopic (exact) mass is 424 g/mol. The van der Waals surface area contributed by atoms with Crippen LogP contribution in [-0.2, 0) is 4.79 Å². The summed E-state index contributed by atoms with van der Waals surface area (Å²) in [5, 5.41) is 52.5. The fourth-order valence-corrected chi connectivity index (χ4v) is 8.72. The van der Waals surface area contributed by atoms with Crippen LogP contribution in [0.25, 0.3) is 0 Å². The van der Waals surface area contributed by atoms with E-state index in [9.17, 15) is 25.2 Å². The van der Waals surface area contributed by atoms with E-state index in [1.165, 1.54) is 0 Å². The van der Waals surface area contributed by atoms with Crippen LogP contribution >= 0.6 is 0 Å². The summed E-state index contributed by atoms with van der Waals surface area (Å²) in [6, 6.07) is 0. The smallest absolute Gasteiger partial charge is 0.303 e. The molecule has 0 unspecified atom stereocenters. The van der Waals surface area contributed by atoms with Crippen molar-refractivity contribution in [2.75, 3.05) is 0 Å². The number of rotatable bonds is 4. The van der Waals surface area contributed by atoms with Gasteiger partial charge in [-0.25, -0.2) is 0 Å². The summed E-state index contributed by atoms with van der Waals surface area (Å²) in [4.78, 5) is 11.1. The molecule has 4 rings (SSSR count). The van der Waals surface area contributed by atoms with Crippen LogP contribution in [0.5, 0.6) is 0 Å².